The van der Waals surface area contributed by atoms with E-state index in [1.54, 1.807) is 0 Å². The number of carbonyl (C=O) groups is 2. The summed E-state index contributed by atoms with van der Waals surface area (Å²) < 4.78 is 102. The second-order valence-electron chi connectivity index (χ2n) is 10.6. The van der Waals surface area contributed by atoms with Crippen LogP contribution in [0.5, 0.6) is 0 Å². The number of halogens is 1. The van der Waals surface area contributed by atoms with Gasteiger partial charge < -0.3 is 21.7 Å². The molecule has 51 heavy (non-hydrogen) atoms. The zero-order chi connectivity index (χ0) is 37.0. The Morgan fingerprint density at radius 1 is 0.588 bits per heavy atom. The Morgan fingerprint density at radius 3 is 1.67 bits per heavy atom. The van der Waals surface area contributed by atoms with Crippen molar-refractivity contribution in [3.8, 4) is 0 Å². The Kier molecular flexibility index (Phi) is 8.75. The zero-order valence-electron chi connectivity index (χ0n) is 25.1. The van der Waals surface area contributed by atoms with E-state index in [9.17, 15) is 43.9 Å². The van der Waals surface area contributed by atoms with Gasteiger partial charge in [-0.05, 0) is 60.1 Å². The lowest BCUT2D eigenvalue weighted by Crippen LogP contribution is -2.25. The van der Waals surface area contributed by atoms with Gasteiger partial charge in [-0.15, -0.1) is 0 Å². The number of nitrogens with one attached hydrogen (secondary N) is 3. The first-order chi connectivity index (χ1) is 23.8. The summed E-state index contributed by atoms with van der Waals surface area (Å²) in [7, 11) is -14.6. The lowest BCUT2D eigenvalue weighted by molar-refractivity contribution is 0.0980. The number of rotatable bonds is 9. The molecule has 1 aromatic heterocycles. The molecule has 1 aliphatic rings. The van der Waals surface area contributed by atoms with Gasteiger partial charge >= 0.3 is 0 Å². The summed E-state index contributed by atoms with van der Waals surface area (Å²) in [5.74, 6) is -1.98. The number of benzene rings is 4. The third-order valence-electron chi connectivity index (χ3n) is 7.28. The molecule has 5 aromatic rings. The van der Waals surface area contributed by atoms with Crippen LogP contribution in [0.3, 0.4) is 0 Å². The molecule has 0 aliphatic heterocycles. The maximum absolute atomic E-state index is 13.6. The highest BCUT2D eigenvalue weighted by atomic mass is 35.5. The Morgan fingerprint density at radius 2 is 1.12 bits per heavy atom. The fourth-order valence-electron chi connectivity index (χ4n) is 5.10. The Labute approximate surface area is 293 Å². The number of carbonyl (C=O) groups excluding carboxylic acids is 2. The maximum atomic E-state index is 13.6. The average Bonchev–Trinajstić information content (AvgIpc) is 3.03. The molecule has 0 spiro atoms. The SMILES string of the molecule is Nc1c(S(=O)(=O)O)cc(Nc2ccc(Nc3nc(Cl)nc(Nc4ccc(S(=O)(=O)O)cc4)n3)cc2S(=O)(=O)O)c2c1C(=O)c1ccccc1C2=O. The van der Waals surface area contributed by atoms with Crippen LogP contribution in [0.1, 0.15) is 31.8 Å². The molecule has 0 atom stereocenters. The second-order valence-corrected chi connectivity index (χ2v) is 15.1. The van der Waals surface area contributed by atoms with Crippen LogP contribution in [0.25, 0.3) is 0 Å². The molecule has 0 fully saturated rings. The summed E-state index contributed by atoms with van der Waals surface area (Å²) in [6, 6.07) is 14.5. The van der Waals surface area contributed by atoms with E-state index in [2.05, 4.69) is 30.9 Å². The van der Waals surface area contributed by atoms with Gasteiger partial charge in [0.05, 0.1) is 33.1 Å². The Hall–Kier alpha value is -5.55. The molecule has 0 saturated heterocycles. The van der Waals surface area contributed by atoms with Crippen molar-refractivity contribution in [2.75, 3.05) is 21.7 Å². The fourth-order valence-corrected chi connectivity index (χ4v) is 7.06. The monoisotopic (exact) mass is 773 g/mol. The van der Waals surface area contributed by atoms with Crippen LogP contribution in [-0.4, -0.2) is 65.4 Å². The van der Waals surface area contributed by atoms with Crippen molar-refractivity contribution in [2.24, 2.45) is 0 Å². The molecule has 262 valence electrons. The van der Waals surface area contributed by atoms with Crippen LogP contribution in [0.2, 0.25) is 5.28 Å². The van der Waals surface area contributed by atoms with E-state index >= 15 is 0 Å². The average molecular weight is 774 g/mol. The van der Waals surface area contributed by atoms with Crippen LogP contribution in [0, 0.1) is 0 Å². The lowest BCUT2D eigenvalue weighted by Gasteiger charge is -2.24. The largest absolute Gasteiger partial charge is 0.397 e. The van der Waals surface area contributed by atoms with E-state index in [4.69, 9.17) is 21.9 Å². The van der Waals surface area contributed by atoms with Gasteiger partial charge in [0.25, 0.3) is 30.4 Å². The second kappa shape index (κ2) is 12.6. The Bertz CT molecular complexity index is 2660. The van der Waals surface area contributed by atoms with E-state index in [1.807, 2.05) is 0 Å². The van der Waals surface area contributed by atoms with Gasteiger partial charge in [-0.2, -0.15) is 40.2 Å². The minimum absolute atomic E-state index is 0.0444. The van der Waals surface area contributed by atoms with Gasteiger partial charge in [-0.3, -0.25) is 23.2 Å². The molecule has 4 aromatic carbocycles. The number of ketones is 2. The molecule has 0 saturated carbocycles. The van der Waals surface area contributed by atoms with Crippen molar-refractivity contribution >= 4 is 93.9 Å². The zero-order valence-corrected chi connectivity index (χ0v) is 28.3. The van der Waals surface area contributed by atoms with E-state index in [0.29, 0.717) is 0 Å². The van der Waals surface area contributed by atoms with Gasteiger partial charge in [0.1, 0.15) is 9.79 Å². The highest BCUT2D eigenvalue weighted by Crippen LogP contribution is 2.41. The molecule has 8 N–H and O–H groups in total. The quantitative estimate of drug-likeness (QED) is 0.0810. The minimum Gasteiger partial charge on any atom is -0.397 e. The molecule has 6 rings (SSSR count). The number of hydrogen-bond donors (Lipinski definition) is 7. The van der Waals surface area contributed by atoms with Crippen LogP contribution in [-0.2, 0) is 30.4 Å². The summed E-state index contributed by atoms with van der Waals surface area (Å²) in [6.45, 7) is 0. The van der Waals surface area contributed by atoms with E-state index < -0.39 is 79.9 Å². The number of hydrogen-bond acceptors (Lipinski definition) is 15. The van der Waals surface area contributed by atoms with Gasteiger partial charge in [-0.1, -0.05) is 24.3 Å². The summed E-state index contributed by atoms with van der Waals surface area (Å²) in [5, 5.41) is 7.68. The molecule has 22 heteroatoms. The fraction of sp³-hybridized carbons (Fsp3) is 0. The van der Waals surface area contributed by atoms with Crippen LogP contribution < -0.4 is 21.7 Å². The number of nitrogen functional groups attached to an aromatic ring is 1. The first kappa shape index (κ1) is 35.3. The van der Waals surface area contributed by atoms with Crippen molar-refractivity contribution in [1.29, 1.82) is 0 Å². The third kappa shape index (κ3) is 7.07. The normalized spacial score (nSPS) is 12.9. The molecule has 1 aliphatic carbocycles. The lowest BCUT2D eigenvalue weighted by atomic mass is 9.82. The smallest absolute Gasteiger partial charge is 0.296 e. The van der Waals surface area contributed by atoms with Crippen LogP contribution >= 0.6 is 11.6 Å². The molecule has 18 nitrogen and oxygen atoms in total. The molecule has 0 unspecified atom stereocenters. The van der Waals surface area contributed by atoms with Gasteiger partial charge in [0.2, 0.25) is 17.2 Å². The molecular weight excluding hydrogens is 754 g/mol. The first-order valence-electron chi connectivity index (χ1n) is 13.9. The summed E-state index contributed by atoms with van der Waals surface area (Å²) >= 11 is 6.03. The Balaban J connectivity index is 1.38. The third-order valence-corrected chi connectivity index (χ3v) is 10.1. The van der Waals surface area contributed by atoms with E-state index in [0.717, 1.165) is 30.3 Å². The summed E-state index contributed by atoms with van der Waals surface area (Å²) in [6.07, 6.45) is 0. The van der Waals surface area contributed by atoms with Gasteiger partial charge in [0, 0.05) is 22.5 Å². The van der Waals surface area contributed by atoms with Crippen molar-refractivity contribution in [3.63, 3.8) is 0 Å². The maximum Gasteiger partial charge on any atom is 0.296 e. The first-order valence-corrected chi connectivity index (χ1v) is 18.5. The number of aromatic nitrogens is 3. The topological polar surface area (TPSA) is 298 Å². The predicted molar refractivity (Wildman–Crippen MR) is 181 cm³/mol. The molecule has 0 amide bonds. The summed E-state index contributed by atoms with van der Waals surface area (Å²) in [5.41, 5.74) is 3.59. The van der Waals surface area contributed by atoms with Crippen molar-refractivity contribution in [1.82, 2.24) is 15.0 Å². The number of nitrogens with zero attached hydrogens (tertiary/aromatic N) is 3. The van der Waals surface area contributed by atoms with Gasteiger partial charge in [0.15, 0.2) is 11.6 Å². The number of anilines is 7. The standard InChI is InChI=1S/C29H20ClN7O11S3/c30-27-35-28(32-13-5-8-15(9-6-13)49(40,41)42)37-29(36-27)33-14-7-10-18(20(11-14)50(43,44)45)34-19-12-21(51(46,47)48)24(31)23-22(19)25(38)16-3-1-2-4-17(16)26(23)39/h1-12,34H,31H2,(H,40,41,42)(H,43,44,45)(H,46,47,48)(H2,32,33,35,36,37). The van der Waals surface area contributed by atoms with Crippen molar-refractivity contribution in [2.45, 2.75) is 14.7 Å². The predicted octanol–water partition coefficient (Wildman–Crippen LogP) is 3.85. The molecule has 1 heterocycles. The van der Waals surface area contributed by atoms with Crippen molar-refractivity contribution < 1.29 is 48.5 Å². The molecule has 0 bridgehead atoms. The summed E-state index contributed by atoms with van der Waals surface area (Å²) in [4.78, 5) is 36.9. The minimum atomic E-state index is -5.09. The molecule has 0 radical (unpaired) electrons. The van der Waals surface area contributed by atoms with Gasteiger partial charge in [-0.25, -0.2) is 0 Å². The van der Waals surface area contributed by atoms with E-state index in [1.165, 1.54) is 42.5 Å². The highest BCUT2D eigenvalue weighted by Gasteiger charge is 2.37. The highest BCUT2D eigenvalue weighted by molar-refractivity contribution is 7.86. The van der Waals surface area contributed by atoms with Crippen LogP contribution in [0.15, 0.2) is 87.5 Å². The van der Waals surface area contributed by atoms with Crippen LogP contribution in [0.4, 0.5) is 40.3 Å². The number of fused-ring (bicyclic) bond motifs is 2. The molecular formula is C29H20ClN7O11S3. The van der Waals surface area contributed by atoms with Crippen molar-refractivity contribution in [3.05, 3.63) is 100 Å². The van der Waals surface area contributed by atoms with E-state index in [-0.39, 0.29) is 44.6 Å². The number of nitrogens with two attached hydrogens (primary N) is 1.